The summed E-state index contributed by atoms with van der Waals surface area (Å²) < 4.78 is 2.77. The first-order valence-corrected chi connectivity index (χ1v) is 9.65. The van der Waals surface area contributed by atoms with Crippen LogP contribution in [0.4, 0.5) is 5.82 Å². The molecule has 6 heteroatoms. The first-order chi connectivity index (χ1) is 12.9. The molecule has 1 aromatic heterocycles. The summed E-state index contributed by atoms with van der Waals surface area (Å²) in [6.45, 7) is 6.69. The van der Waals surface area contributed by atoms with Crippen LogP contribution in [0.2, 0.25) is 0 Å². The standard InChI is InChI=1S/C21H29N3O3/c1-13(2)15-8-5-6-9-16(15)18-14(3)12-17-19(22-18)23(4)21(27)24(20(17)26)10-7-11-25/h5-6,8-9,13-14,18,22,25H,7,10-12H2,1-4H3. The van der Waals surface area contributed by atoms with Crippen LogP contribution in [0.1, 0.15) is 55.8 Å². The number of aliphatic hydroxyl groups is 1. The van der Waals surface area contributed by atoms with Crippen molar-refractivity contribution in [3.63, 3.8) is 0 Å². The van der Waals surface area contributed by atoms with E-state index in [1.165, 1.54) is 20.3 Å². The molecule has 1 aromatic carbocycles. The average molecular weight is 371 g/mol. The maximum Gasteiger partial charge on any atom is 0.332 e. The zero-order valence-corrected chi connectivity index (χ0v) is 16.5. The highest BCUT2D eigenvalue weighted by Gasteiger charge is 2.32. The lowest BCUT2D eigenvalue weighted by atomic mass is 9.82. The van der Waals surface area contributed by atoms with Gasteiger partial charge < -0.3 is 10.4 Å². The third-order valence-corrected chi connectivity index (χ3v) is 5.52. The summed E-state index contributed by atoms with van der Waals surface area (Å²) in [5.74, 6) is 1.23. The molecular weight excluding hydrogens is 342 g/mol. The molecule has 0 radical (unpaired) electrons. The van der Waals surface area contributed by atoms with Crippen molar-refractivity contribution < 1.29 is 5.11 Å². The second kappa shape index (κ2) is 7.72. The monoisotopic (exact) mass is 371 g/mol. The smallest absolute Gasteiger partial charge is 0.332 e. The first kappa shape index (κ1) is 19.4. The molecule has 2 unspecified atom stereocenters. The molecule has 2 N–H and O–H groups in total. The Balaban J connectivity index is 2.09. The molecule has 3 rings (SSSR count). The van der Waals surface area contributed by atoms with Crippen molar-refractivity contribution in [3.8, 4) is 0 Å². The van der Waals surface area contributed by atoms with E-state index >= 15 is 0 Å². The summed E-state index contributed by atoms with van der Waals surface area (Å²) in [7, 11) is 1.70. The van der Waals surface area contributed by atoms with Gasteiger partial charge in [-0.2, -0.15) is 0 Å². The number of anilines is 1. The van der Waals surface area contributed by atoms with Gasteiger partial charge >= 0.3 is 5.69 Å². The van der Waals surface area contributed by atoms with Crippen molar-refractivity contribution in [1.82, 2.24) is 9.13 Å². The van der Waals surface area contributed by atoms with Crippen LogP contribution in [0, 0.1) is 5.92 Å². The average Bonchev–Trinajstić information content (AvgIpc) is 2.66. The van der Waals surface area contributed by atoms with Gasteiger partial charge in [0.2, 0.25) is 0 Å². The number of hydrogen-bond donors (Lipinski definition) is 2. The Morgan fingerprint density at radius 1 is 1.26 bits per heavy atom. The fourth-order valence-electron chi connectivity index (χ4n) is 4.06. The van der Waals surface area contributed by atoms with Crippen LogP contribution in [-0.2, 0) is 20.0 Å². The number of nitrogens with zero attached hydrogens (tertiary/aromatic N) is 2. The minimum absolute atomic E-state index is 0.0462. The quantitative estimate of drug-likeness (QED) is 0.846. The molecule has 2 aromatic rings. The number of aliphatic hydroxyl groups excluding tert-OH is 1. The van der Waals surface area contributed by atoms with E-state index < -0.39 is 0 Å². The lowest BCUT2D eigenvalue weighted by molar-refractivity contribution is 0.277. The molecule has 0 amide bonds. The van der Waals surface area contributed by atoms with E-state index in [4.69, 9.17) is 5.11 Å². The second-order valence-electron chi connectivity index (χ2n) is 7.79. The summed E-state index contributed by atoms with van der Waals surface area (Å²) in [5.41, 5.74) is 2.58. The van der Waals surface area contributed by atoms with Crippen LogP contribution in [0.5, 0.6) is 0 Å². The Morgan fingerprint density at radius 3 is 2.63 bits per heavy atom. The number of aromatic nitrogens is 2. The Morgan fingerprint density at radius 2 is 1.96 bits per heavy atom. The number of nitrogens with one attached hydrogen (secondary N) is 1. The molecule has 2 heterocycles. The maximum absolute atomic E-state index is 12.9. The predicted molar refractivity (Wildman–Crippen MR) is 107 cm³/mol. The molecule has 0 fully saturated rings. The van der Waals surface area contributed by atoms with E-state index in [2.05, 4.69) is 44.3 Å². The molecule has 1 aliphatic heterocycles. The van der Waals surface area contributed by atoms with Gasteiger partial charge in [0.15, 0.2) is 0 Å². The molecule has 2 atom stereocenters. The third kappa shape index (κ3) is 3.46. The number of rotatable bonds is 5. The zero-order valence-electron chi connectivity index (χ0n) is 16.5. The molecule has 27 heavy (non-hydrogen) atoms. The molecule has 0 spiro atoms. The van der Waals surface area contributed by atoms with Gasteiger partial charge in [0.25, 0.3) is 5.56 Å². The number of fused-ring (bicyclic) bond motifs is 1. The topological polar surface area (TPSA) is 76.3 Å². The van der Waals surface area contributed by atoms with Crippen molar-refractivity contribution in [2.24, 2.45) is 13.0 Å². The molecule has 146 valence electrons. The summed E-state index contributed by atoms with van der Waals surface area (Å²) in [5, 5.41) is 12.5. The summed E-state index contributed by atoms with van der Waals surface area (Å²) in [6.07, 6.45) is 1.01. The minimum atomic E-state index is -0.342. The Bertz CT molecular complexity index is 943. The van der Waals surface area contributed by atoms with E-state index in [0.29, 0.717) is 30.1 Å². The van der Waals surface area contributed by atoms with Gasteiger partial charge in [0.05, 0.1) is 11.6 Å². The highest BCUT2D eigenvalue weighted by atomic mass is 16.3. The molecular formula is C21H29N3O3. The van der Waals surface area contributed by atoms with Gasteiger partial charge in [-0.05, 0) is 35.8 Å². The van der Waals surface area contributed by atoms with Gasteiger partial charge in [-0.25, -0.2) is 4.79 Å². The number of benzene rings is 1. The maximum atomic E-state index is 12.9. The van der Waals surface area contributed by atoms with Gasteiger partial charge in [0.1, 0.15) is 5.82 Å². The second-order valence-corrected chi connectivity index (χ2v) is 7.79. The van der Waals surface area contributed by atoms with Gasteiger partial charge in [-0.3, -0.25) is 13.9 Å². The van der Waals surface area contributed by atoms with Crippen molar-refractivity contribution >= 4 is 5.82 Å². The first-order valence-electron chi connectivity index (χ1n) is 9.65. The lowest BCUT2D eigenvalue weighted by Gasteiger charge is -2.35. The van der Waals surface area contributed by atoms with Crippen LogP contribution < -0.4 is 16.6 Å². The van der Waals surface area contributed by atoms with Crippen LogP contribution in [0.25, 0.3) is 0 Å². The van der Waals surface area contributed by atoms with Crippen LogP contribution in [0.15, 0.2) is 33.9 Å². The lowest BCUT2D eigenvalue weighted by Crippen LogP contribution is -2.45. The van der Waals surface area contributed by atoms with E-state index in [1.54, 1.807) is 7.05 Å². The van der Waals surface area contributed by atoms with E-state index in [1.807, 2.05) is 6.07 Å². The fourth-order valence-corrected chi connectivity index (χ4v) is 4.06. The van der Waals surface area contributed by atoms with Gasteiger partial charge in [-0.15, -0.1) is 0 Å². The van der Waals surface area contributed by atoms with Gasteiger partial charge in [0, 0.05) is 20.2 Å². The normalized spacial score (nSPS) is 19.0. The molecule has 0 saturated carbocycles. The highest BCUT2D eigenvalue weighted by Crippen LogP contribution is 2.37. The largest absolute Gasteiger partial charge is 0.396 e. The van der Waals surface area contributed by atoms with E-state index in [0.717, 1.165) is 0 Å². The van der Waals surface area contributed by atoms with Crippen LogP contribution in [-0.4, -0.2) is 20.8 Å². The predicted octanol–water partition coefficient (Wildman–Crippen LogP) is 2.40. The summed E-state index contributed by atoms with van der Waals surface area (Å²) >= 11 is 0. The molecule has 1 aliphatic rings. The van der Waals surface area contributed by atoms with Crippen molar-refractivity contribution in [3.05, 3.63) is 61.8 Å². The SMILES string of the molecule is CC(C)c1ccccc1C1Nc2c(c(=O)n(CCCO)c(=O)n2C)CC1C. The Hall–Kier alpha value is -2.34. The molecule has 0 saturated heterocycles. The van der Waals surface area contributed by atoms with Crippen LogP contribution >= 0.6 is 0 Å². The fraction of sp³-hybridized carbons (Fsp3) is 0.524. The van der Waals surface area contributed by atoms with Crippen molar-refractivity contribution in [2.75, 3.05) is 11.9 Å². The minimum Gasteiger partial charge on any atom is -0.396 e. The molecule has 6 nitrogen and oxygen atoms in total. The molecule has 0 aliphatic carbocycles. The van der Waals surface area contributed by atoms with Crippen LogP contribution in [0.3, 0.4) is 0 Å². The highest BCUT2D eigenvalue weighted by molar-refractivity contribution is 5.51. The Labute approximate surface area is 159 Å². The van der Waals surface area contributed by atoms with Crippen molar-refractivity contribution in [1.29, 1.82) is 0 Å². The van der Waals surface area contributed by atoms with Gasteiger partial charge in [-0.1, -0.05) is 45.0 Å². The Kier molecular flexibility index (Phi) is 5.56. The van der Waals surface area contributed by atoms with E-state index in [-0.39, 0.29) is 36.4 Å². The van der Waals surface area contributed by atoms with E-state index in [9.17, 15) is 9.59 Å². The number of hydrogen-bond acceptors (Lipinski definition) is 4. The third-order valence-electron chi connectivity index (χ3n) is 5.52. The van der Waals surface area contributed by atoms with Crippen molar-refractivity contribution in [2.45, 2.75) is 52.1 Å². The zero-order chi connectivity index (χ0) is 19.7. The molecule has 0 bridgehead atoms. The summed E-state index contributed by atoms with van der Waals surface area (Å²) in [4.78, 5) is 25.6. The summed E-state index contributed by atoms with van der Waals surface area (Å²) in [6, 6.07) is 8.42.